The van der Waals surface area contributed by atoms with Gasteiger partial charge in [-0.1, -0.05) is 13.8 Å². The Hall–Kier alpha value is -1.78. The van der Waals surface area contributed by atoms with Crippen LogP contribution in [0.15, 0.2) is 16.7 Å². The molecule has 0 saturated heterocycles. The highest BCUT2D eigenvalue weighted by molar-refractivity contribution is 5.84. The van der Waals surface area contributed by atoms with E-state index in [9.17, 15) is 14.7 Å². The quantitative estimate of drug-likeness (QED) is 0.870. The van der Waals surface area contributed by atoms with Crippen molar-refractivity contribution >= 4 is 11.9 Å². The highest BCUT2D eigenvalue weighted by Gasteiger charge is 2.39. The first-order chi connectivity index (χ1) is 9.18. The third-order valence-electron chi connectivity index (χ3n) is 4.08. The van der Waals surface area contributed by atoms with Gasteiger partial charge in [-0.2, -0.15) is 0 Å². The van der Waals surface area contributed by atoms with Crippen molar-refractivity contribution < 1.29 is 19.1 Å². The van der Waals surface area contributed by atoms with Gasteiger partial charge in [0.05, 0.1) is 11.7 Å². The molecule has 0 aliphatic rings. The van der Waals surface area contributed by atoms with Crippen LogP contribution in [0.25, 0.3) is 0 Å². The molecule has 1 N–H and O–H groups in total. The van der Waals surface area contributed by atoms with E-state index in [2.05, 4.69) is 0 Å². The van der Waals surface area contributed by atoms with Crippen LogP contribution in [0, 0.1) is 18.3 Å². The Bertz CT molecular complexity index is 492. The standard InChI is InChI=1S/C15H23NO4/c1-10(2)15(4,14(18)19)8-13(17)16(5)9-12-6-7-20-11(12)3/h6-7,10H,8-9H2,1-5H3,(H,18,19). The summed E-state index contributed by atoms with van der Waals surface area (Å²) in [6.07, 6.45) is 1.58. The molecule has 0 fully saturated rings. The van der Waals surface area contributed by atoms with Crippen LogP contribution in [0.3, 0.4) is 0 Å². The van der Waals surface area contributed by atoms with Crippen molar-refractivity contribution in [2.75, 3.05) is 7.05 Å². The van der Waals surface area contributed by atoms with Crippen LogP contribution >= 0.6 is 0 Å². The van der Waals surface area contributed by atoms with Crippen molar-refractivity contribution in [3.63, 3.8) is 0 Å². The number of carboxylic acids is 1. The van der Waals surface area contributed by atoms with E-state index in [4.69, 9.17) is 4.42 Å². The number of hydrogen-bond acceptors (Lipinski definition) is 3. The summed E-state index contributed by atoms with van der Waals surface area (Å²) in [5.74, 6) is -0.458. The van der Waals surface area contributed by atoms with Crippen LogP contribution in [0.4, 0.5) is 0 Å². The molecular weight excluding hydrogens is 258 g/mol. The van der Waals surface area contributed by atoms with Gasteiger partial charge in [-0.05, 0) is 25.8 Å². The molecule has 1 heterocycles. The minimum absolute atomic E-state index is 0.00655. The number of aliphatic carboxylic acids is 1. The predicted molar refractivity (Wildman–Crippen MR) is 75.1 cm³/mol. The van der Waals surface area contributed by atoms with Gasteiger partial charge in [0.2, 0.25) is 5.91 Å². The van der Waals surface area contributed by atoms with Gasteiger partial charge >= 0.3 is 5.97 Å². The van der Waals surface area contributed by atoms with Gasteiger partial charge in [0.15, 0.2) is 0 Å². The lowest BCUT2D eigenvalue weighted by Crippen LogP contribution is -2.39. The van der Waals surface area contributed by atoms with E-state index < -0.39 is 11.4 Å². The number of carbonyl (C=O) groups excluding carboxylic acids is 1. The lowest BCUT2D eigenvalue weighted by Gasteiger charge is -2.30. The summed E-state index contributed by atoms with van der Waals surface area (Å²) in [5, 5.41) is 9.35. The maximum atomic E-state index is 12.2. The summed E-state index contributed by atoms with van der Waals surface area (Å²) in [5.41, 5.74) is -0.112. The highest BCUT2D eigenvalue weighted by atomic mass is 16.4. The molecule has 1 aromatic rings. The zero-order valence-electron chi connectivity index (χ0n) is 12.8. The maximum Gasteiger partial charge on any atom is 0.310 e. The van der Waals surface area contributed by atoms with E-state index in [0.717, 1.165) is 11.3 Å². The molecule has 0 aliphatic carbocycles. The third-order valence-corrected chi connectivity index (χ3v) is 4.08. The normalized spacial score (nSPS) is 14.1. The summed E-state index contributed by atoms with van der Waals surface area (Å²) >= 11 is 0. The Labute approximate surface area is 119 Å². The number of carbonyl (C=O) groups is 2. The second-order valence-electron chi connectivity index (χ2n) is 5.81. The van der Waals surface area contributed by atoms with Crippen molar-refractivity contribution in [3.05, 3.63) is 23.7 Å². The van der Waals surface area contributed by atoms with E-state index in [1.807, 2.05) is 26.8 Å². The molecule has 1 atom stereocenters. The largest absolute Gasteiger partial charge is 0.481 e. The fourth-order valence-electron chi connectivity index (χ4n) is 1.89. The van der Waals surface area contributed by atoms with Crippen LogP contribution in [-0.2, 0) is 16.1 Å². The van der Waals surface area contributed by atoms with Gasteiger partial charge in [-0.15, -0.1) is 0 Å². The Morgan fingerprint density at radius 3 is 2.45 bits per heavy atom. The van der Waals surface area contributed by atoms with Crippen molar-refractivity contribution in [1.29, 1.82) is 0 Å². The minimum atomic E-state index is -1.04. The number of amides is 1. The Morgan fingerprint density at radius 1 is 1.45 bits per heavy atom. The molecule has 0 spiro atoms. The molecule has 0 aromatic carbocycles. The average Bonchev–Trinajstić information content (AvgIpc) is 2.74. The monoisotopic (exact) mass is 281 g/mol. The topological polar surface area (TPSA) is 70.8 Å². The van der Waals surface area contributed by atoms with Crippen LogP contribution in [0.5, 0.6) is 0 Å². The molecule has 0 saturated carbocycles. The Morgan fingerprint density at radius 2 is 2.05 bits per heavy atom. The van der Waals surface area contributed by atoms with Crippen molar-refractivity contribution in [2.24, 2.45) is 11.3 Å². The molecule has 0 radical (unpaired) electrons. The van der Waals surface area contributed by atoms with Crippen LogP contribution in [-0.4, -0.2) is 28.9 Å². The zero-order valence-corrected chi connectivity index (χ0v) is 12.8. The first-order valence-corrected chi connectivity index (χ1v) is 6.68. The van der Waals surface area contributed by atoms with Crippen molar-refractivity contribution in [2.45, 2.75) is 40.7 Å². The molecule has 1 amide bonds. The number of aryl methyl sites for hydroxylation is 1. The average molecular weight is 281 g/mol. The fraction of sp³-hybridized carbons (Fsp3) is 0.600. The van der Waals surface area contributed by atoms with Crippen LogP contribution in [0.2, 0.25) is 0 Å². The van der Waals surface area contributed by atoms with E-state index in [1.54, 1.807) is 25.1 Å². The Balaban J connectivity index is 2.75. The van der Waals surface area contributed by atoms with Crippen molar-refractivity contribution in [3.8, 4) is 0 Å². The first kappa shape index (κ1) is 16.3. The number of furan rings is 1. The van der Waals surface area contributed by atoms with Gasteiger partial charge in [0.1, 0.15) is 5.76 Å². The summed E-state index contributed by atoms with van der Waals surface area (Å²) in [7, 11) is 1.68. The van der Waals surface area contributed by atoms with E-state index >= 15 is 0 Å². The van der Waals surface area contributed by atoms with Crippen molar-refractivity contribution in [1.82, 2.24) is 4.90 Å². The minimum Gasteiger partial charge on any atom is -0.481 e. The predicted octanol–water partition coefficient (Wildman–Crippen LogP) is 2.68. The summed E-state index contributed by atoms with van der Waals surface area (Å²) in [6.45, 7) is 7.52. The SMILES string of the molecule is Cc1occc1CN(C)C(=O)CC(C)(C(=O)O)C(C)C. The van der Waals surface area contributed by atoms with Crippen LogP contribution in [0.1, 0.15) is 38.5 Å². The van der Waals surface area contributed by atoms with Gasteiger partial charge in [-0.3, -0.25) is 9.59 Å². The second kappa shape index (κ2) is 6.11. The molecule has 5 nitrogen and oxygen atoms in total. The molecule has 1 rings (SSSR count). The molecule has 0 aliphatic heterocycles. The smallest absolute Gasteiger partial charge is 0.310 e. The first-order valence-electron chi connectivity index (χ1n) is 6.68. The number of nitrogens with zero attached hydrogens (tertiary/aromatic N) is 1. The Kier molecular flexibility index (Phi) is 4.98. The molecule has 20 heavy (non-hydrogen) atoms. The van der Waals surface area contributed by atoms with Gasteiger partial charge in [0.25, 0.3) is 0 Å². The van der Waals surface area contributed by atoms with Gasteiger partial charge in [0, 0.05) is 25.6 Å². The lowest BCUT2D eigenvalue weighted by molar-refractivity contribution is -0.155. The lowest BCUT2D eigenvalue weighted by atomic mass is 9.76. The van der Waals surface area contributed by atoms with E-state index in [-0.39, 0.29) is 18.2 Å². The van der Waals surface area contributed by atoms with E-state index in [1.165, 1.54) is 0 Å². The molecule has 1 unspecified atom stereocenters. The highest BCUT2D eigenvalue weighted by Crippen LogP contribution is 2.32. The van der Waals surface area contributed by atoms with Crippen LogP contribution < -0.4 is 0 Å². The second-order valence-corrected chi connectivity index (χ2v) is 5.81. The van der Waals surface area contributed by atoms with E-state index in [0.29, 0.717) is 6.54 Å². The number of rotatable bonds is 6. The molecule has 112 valence electrons. The molecule has 0 bridgehead atoms. The summed E-state index contributed by atoms with van der Waals surface area (Å²) in [4.78, 5) is 25.2. The molecule has 5 heteroatoms. The molecule has 1 aromatic heterocycles. The van der Waals surface area contributed by atoms with Gasteiger partial charge in [-0.25, -0.2) is 0 Å². The summed E-state index contributed by atoms with van der Waals surface area (Å²) in [6, 6.07) is 1.82. The maximum absolute atomic E-state index is 12.2. The zero-order chi connectivity index (χ0) is 15.5. The molecular formula is C15H23NO4. The number of hydrogen-bond donors (Lipinski definition) is 1. The number of carboxylic acid groups (broad SMARTS) is 1. The fourth-order valence-corrected chi connectivity index (χ4v) is 1.89. The van der Waals surface area contributed by atoms with Gasteiger partial charge < -0.3 is 14.4 Å². The third kappa shape index (κ3) is 3.40. The summed E-state index contributed by atoms with van der Waals surface area (Å²) < 4.78 is 5.19.